The Morgan fingerprint density at radius 1 is 1.05 bits per heavy atom. The Morgan fingerprint density at radius 3 is 2.33 bits per heavy atom. The van der Waals surface area contributed by atoms with Crippen LogP contribution in [0.4, 0.5) is 0 Å². The second-order valence-corrected chi connectivity index (χ2v) is 5.63. The minimum absolute atomic E-state index is 0.0628. The van der Waals surface area contributed by atoms with Crippen molar-refractivity contribution in [3.8, 4) is 5.75 Å². The molecule has 2 aromatic rings. The van der Waals surface area contributed by atoms with Crippen molar-refractivity contribution in [3.63, 3.8) is 0 Å². The lowest BCUT2D eigenvalue weighted by Gasteiger charge is -2.20. The van der Waals surface area contributed by atoms with E-state index in [0.717, 1.165) is 23.3 Å². The van der Waals surface area contributed by atoms with Gasteiger partial charge in [0.1, 0.15) is 5.75 Å². The molecule has 4 heteroatoms. The SMILES string of the molecule is CCOc1ccccc1CC(CN)c1c(Cl)cccc1Cl. The average Bonchev–Trinajstić information content (AvgIpc) is 2.48. The first-order valence-electron chi connectivity index (χ1n) is 7.02. The van der Waals surface area contributed by atoms with Gasteiger partial charge in [-0.15, -0.1) is 0 Å². The van der Waals surface area contributed by atoms with E-state index in [1.165, 1.54) is 0 Å². The zero-order valence-corrected chi connectivity index (χ0v) is 13.5. The van der Waals surface area contributed by atoms with Crippen molar-refractivity contribution in [1.29, 1.82) is 0 Å². The van der Waals surface area contributed by atoms with Crippen LogP contribution in [0.15, 0.2) is 42.5 Å². The van der Waals surface area contributed by atoms with Crippen LogP contribution >= 0.6 is 23.2 Å². The molecule has 2 aromatic carbocycles. The molecule has 0 heterocycles. The third-order valence-corrected chi connectivity index (χ3v) is 4.09. The maximum atomic E-state index is 6.30. The molecule has 1 atom stereocenters. The van der Waals surface area contributed by atoms with Crippen LogP contribution in [0.3, 0.4) is 0 Å². The Balaban J connectivity index is 2.32. The zero-order valence-electron chi connectivity index (χ0n) is 12.0. The van der Waals surface area contributed by atoms with E-state index >= 15 is 0 Å². The maximum absolute atomic E-state index is 6.30. The van der Waals surface area contributed by atoms with E-state index in [1.807, 2.05) is 43.3 Å². The molecule has 0 aromatic heterocycles. The van der Waals surface area contributed by atoms with E-state index < -0.39 is 0 Å². The summed E-state index contributed by atoms with van der Waals surface area (Å²) in [4.78, 5) is 0. The van der Waals surface area contributed by atoms with Crippen molar-refractivity contribution in [3.05, 3.63) is 63.6 Å². The van der Waals surface area contributed by atoms with Gasteiger partial charge in [0, 0.05) is 16.0 Å². The fraction of sp³-hybridized carbons (Fsp3) is 0.294. The molecule has 0 saturated carbocycles. The van der Waals surface area contributed by atoms with E-state index in [0.29, 0.717) is 23.2 Å². The van der Waals surface area contributed by atoms with Gasteiger partial charge < -0.3 is 10.5 Å². The van der Waals surface area contributed by atoms with E-state index in [1.54, 1.807) is 0 Å². The van der Waals surface area contributed by atoms with Crippen LogP contribution in [0.5, 0.6) is 5.75 Å². The van der Waals surface area contributed by atoms with Crippen molar-refractivity contribution >= 4 is 23.2 Å². The molecule has 21 heavy (non-hydrogen) atoms. The Kier molecular flexibility index (Phi) is 5.92. The van der Waals surface area contributed by atoms with Crippen LogP contribution in [0.1, 0.15) is 24.0 Å². The van der Waals surface area contributed by atoms with Gasteiger partial charge >= 0.3 is 0 Å². The van der Waals surface area contributed by atoms with Crippen LogP contribution in [0, 0.1) is 0 Å². The summed E-state index contributed by atoms with van der Waals surface area (Å²) in [5, 5.41) is 1.32. The quantitative estimate of drug-likeness (QED) is 0.837. The number of nitrogens with two attached hydrogens (primary N) is 1. The van der Waals surface area contributed by atoms with Gasteiger partial charge in [-0.3, -0.25) is 0 Å². The predicted molar refractivity (Wildman–Crippen MR) is 89.6 cm³/mol. The third kappa shape index (κ3) is 3.91. The first kappa shape index (κ1) is 16.2. The normalized spacial score (nSPS) is 12.2. The first-order valence-corrected chi connectivity index (χ1v) is 7.77. The van der Waals surface area contributed by atoms with E-state index in [2.05, 4.69) is 6.07 Å². The Morgan fingerprint density at radius 2 is 1.71 bits per heavy atom. The summed E-state index contributed by atoms with van der Waals surface area (Å²) in [6.45, 7) is 3.09. The van der Waals surface area contributed by atoms with Crippen LogP contribution in [0.25, 0.3) is 0 Å². The van der Waals surface area contributed by atoms with Gasteiger partial charge in [-0.05, 0) is 49.2 Å². The number of rotatable bonds is 6. The molecule has 1 unspecified atom stereocenters. The predicted octanol–water partition coefficient (Wildman–Crippen LogP) is 4.68. The maximum Gasteiger partial charge on any atom is 0.122 e. The topological polar surface area (TPSA) is 35.2 Å². The van der Waals surface area contributed by atoms with Gasteiger partial charge in [-0.25, -0.2) is 0 Å². The van der Waals surface area contributed by atoms with Gasteiger partial charge in [0.25, 0.3) is 0 Å². The Labute approximate surface area is 135 Å². The Bertz CT molecular complexity index is 581. The number of halogens is 2. The van der Waals surface area contributed by atoms with Crippen molar-refractivity contribution in [2.24, 2.45) is 5.73 Å². The average molecular weight is 324 g/mol. The molecule has 0 radical (unpaired) electrons. The number of hydrogen-bond donors (Lipinski definition) is 1. The fourth-order valence-electron chi connectivity index (χ4n) is 2.44. The third-order valence-electron chi connectivity index (χ3n) is 3.43. The number of hydrogen-bond acceptors (Lipinski definition) is 2. The van der Waals surface area contributed by atoms with Crippen LogP contribution in [-0.2, 0) is 6.42 Å². The molecule has 2 N–H and O–H groups in total. The lowest BCUT2D eigenvalue weighted by molar-refractivity contribution is 0.335. The van der Waals surface area contributed by atoms with Crippen LogP contribution in [-0.4, -0.2) is 13.2 Å². The molecule has 0 aliphatic rings. The number of benzene rings is 2. The highest BCUT2D eigenvalue weighted by molar-refractivity contribution is 6.36. The van der Waals surface area contributed by atoms with E-state index in [9.17, 15) is 0 Å². The largest absolute Gasteiger partial charge is 0.494 e. The number of para-hydroxylation sites is 1. The molecule has 2 nitrogen and oxygen atoms in total. The molecule has 0 aliphatic carbocycles. The zero-order chi connectivity index (χ0) is 15.2. The van der Waals surface area contributed by atoms with Gasteiger partial charge in [0.05, 0.1) is 6.61 Å². The van der Waals surface area contributed by atoms with Gasteiger partial charge in [-0.1, -0.05) is 47.5 Å². The lowest BCUT2D eigenvalue weighted by Crippen LogP contribution is -2.16. The molecule has 0 fully saturated rings. The monoisotopic (exact) mass is 323 g/mol. The smallest absolute Gasteiger partial charge is 0.122 e. The summed E-state index contributed by atoms with van der Waals surface area (Å²) in [5.74, 6) is 0.953. The molecule has 0 amide bonds. The Hall–Kier alpha value is -1.22. The highest BCUT2D eigenvalue weighted by Gasteiger charge is 2.18. The fourth-order valence-corrected chi connectivity index (χ4v) is 3.14. The highest BCUT2D eigenvalue weighted by Crippen LogP contribution is 2.34. The standard InChI is InChI=1S/C17H19Cl2NO/c1-2-21-16-9-4-3-6-12(16)10-13(11-20)17-14(18)7-5-8-15(17)19/h3-9,13H,2,10-11,20H2,1H3. The van der Waals surface area contributed by atoms with E-state index in [-0.39, 0.29) is 5.92 Å². The molecule has 0 aliphatic heterocycles. The lowest BCUT2D eigenvalue weighted by atomic mass is 9.91. The van der Waals surface area contributed by atoms with Crippen molar-refractivity contribution in [2.45, 2.75) is 19.3 Å². The second-order valence-electron chi connectivity index (χ2n) is 4.81. The first-order chi connectivity index (χ1) is 10.2. The molecule has 0 spiro atoms. The van der Waals surface area contributed by atoms with Crippen LogP contribution in [0.2, 0.25) is 10.0 Å². The second kappa shape index (κ2) is 7.69. The highest BCUT2D eigenvalue weighted by atomic mass is 35.5. The summed E-state index contributed by atoms with van der Waals surface area (Å²) in [5.41, 5.74) is 7.98. The summed E-state index contributed by atoms with van der Waals surface area (Å²) in [6.07, 6.45) is 0.746. The molecule has 0 bridgehead atoms. The van der Waals surface area contributed by atoms with Crippen LogP contribution < -0.4 is 10.5 Å². The molecule has 0 saturated heterocycles. The molecule has 112 valence electrons. The molecular formula is C17H19Cl2NO. The summed E-state index contributed by atoms with van der Waals surface area (Å²) >= 11 is 12.6. The summed E-state index contributed by atoms with van der Waals surface area (Å²) < 4.78 is 5.67. The van der Waals surface area contributed by atoms with Gasteiger partial charge in [0.15, 0.2) is 0 Å². The van der Waals surface area contributed by atoms with Gasteiger partial charge in [-0.2, -0.15) is 0 Å². The van der Waals surface area contributed by atoms with Crippen molar-refractivity contribution in [1.82, 2.24) is 0 Å². The van der Waals surface area contributed by atoms with Crippen molar-refractivity contribution in [2.75, 3.05) is 13.2 Å². The minimum atomic E-state index is 0.0628. The number of ether oxygens (including phenoxy) is 1. The summed E-state index contributed by atoms with van der Waals surface area (Å²) in [6, 6.07) is 13.5. The summed E-state index contributed by atoms with van der Waals surface area (Å²) in [7, 11) is 0. The molecule has 2 rings (SSSR count). The van der Waals surface area contributed by atoms with E-state index in [4.69, 9.17) is 33.7 Å². The van der Waals surface area contributed by atoms with Gasteiger partial charge in [0.2, 0.25) is 0 Å². The minimum Gasteiger partial charge on any atom is -0.494 e. The van der Waals surface area contributed by atoms with Crippen molar-refractivity contribution < 1.29 is 4.74 Å². The molecular weight excluding hydrogens is 305 g/mol.